The zero-order valence-electron chi connectivity index (χ0n) is 12.6. The highest BCUT2D eigenvalue weighted by atomic mass is 35.5. The maximum atomic E-state index is 6.37. The Morgan fingerprint density at radius 1 is 1.35 bits per heavy atom. The Morgan fingerprint density at radius 3 is 2.70 bits per heavy atom. The van der Waals surface area contributed by atoms with Crippen LogP contribution in [0.5, 0.6) is 0 Å². The van der Waals surface area contributed by atoms with E-state index in [1.54, 1.807) is 0 Å². The third-order valence-electron chi connectivity index (χ3n) is 3.60. The molecule has 0 aliphatic carbocycles. The first-order chi connectivity index (χ1) is 9.58. The maximum Gasteiger partial charge on any atom is 0.114 e. The number of fused-ring (bicyclic) bond motifs is 1. The molecule has 2 aromatic rings. The Balaban J connectivity index is 2.56. The van der Waals surface area contributed by atoms with E-state index in [-0.39, 0.29) is 0 Å². The Labute approximate surface area is 126 Å². The van der Waals surface area contributed by atoms with Crippen molar-refractivity contribution >= 4 is 22.6 Å². The van der Waals surface area contributed by atoms with E-state index >= 15 is 0 Å². The lowest BCUT2D eigenvalue weighted by Crippen LogP contribution is -2.19. The van der Waals surface area contributed by atoms with Gasteiger partial charge >= 0.3 is 0 Å². The monoisotopic (exact) mass is 293 g/mol. The van der Waals surface area contributed by atoms with Crippen molar-refractivity contribution in [3.8, 4) is 0 Å². The van der Waals surface area contributed by atoms with Gasteiger partial charge in [0, 0.05) is 19.0 Å². The average Bonchev–Trinajstić information content (AvgIpc) is 2.76. The first-order valence-electron chi connectivity index (χ1n) is 7.43. The molecule has 0 spiro atoms. The van der Waals surface area contributed by atoms with Gasteiger partial charge < -0.3 is 10.3 Å². The molecule has 0 aliphatic heterocycles. The van der Waals surface area contributed by atoms with E-state index in [2.05, 4.69) is 25.3 Å². The van der Waals surface area contributed by atoms with E-state index in [0.717, 1.165) is 41.3 Å². The van der Waals surface area contributed by atoms with Crippen molar-refractivity contribution in [3.63, 3.8) is 0 Å². The molecule has 0 radical (unpaired) electrons. The van der Waals surface area contributed by atoms with Crippen molar-refractivity contribution in [2.45, 2.75) is 46.1 Å². The third kappa shape index (κ3) is 2.99. The summed E-state index contributed by atoms with van der Waals surface area (Å²) in [6.45, 7) is 8.18. The van der Waals surface area contributed by atoms with Crippen LogP contribution in [0.3, 0.4) is 0 Å². The van der Waals surface area contributed by atoms with Crippen LogP contribution in [-0.4, -0.2) is 16.1 Å². The molecule has 0 amide bonds. The van der Waals surface area contributed by atoms with Crippen molar-refractivity contribution < 1.29 is 0 Å². The highest BCUT2D eigenvalue weighted by Gasteiger charge is 2.21. The molecular formula is C16H24ClN3. The van der Waals surface area contributed by atoms with Gasteiger partial charge in [0.15, 0.2) is 0 Å². The summed E-state index contributed by atoms with van der Waals surface area (Å²) in [5.74, 6) is 1.99. The highest BCUT2D eigenvalue weighted by Crippen LogP contribution is 2.30. The number of hydrogen-bond donors (Lipinski definition) is 1. The number of benzene rings is 1. The largest absolute Gasteiger partial charge is 0.330 e. The van der Waals surface area contributed by atoms with Crippen LogP contribution in [0, 0.1) is 5.92 Å². The molecule has 0 fully saturated rings. The number of aryl methyl sites for hydroxylation is 1. The van der Waals surface area contributed by atoms with Crippen LogP contribution in [0.25, 0.3) is 11.0 Å². The second-order valence-corrected chi connectivity index (χ2v) is 6.20. The molecule has 20 heavy (non-hydrogen) atoms. The molecule has 2 rings (SSSR count). The number of rotatable bonds is 6. The van der Waals surface area contributed by atoms with Gasteiger partial charge in [0.2, 0.25) is 0 Å². The van der Waals surface area contributed by atoms with Gasteiger partial charge in [0.25, 0.3) is 0 Å². The van der Waals surface area contributed by atoms with Crippen molar-refractivity contribution in [2.75, 3.05) is 6.54 Å². The van der Waals surface area contributed by atoms with Crippen LogP contribution in [0.2, 0.25) is 5.02 Å². The van der Waals surface area contributed by atoms with Crippen LogP contribution >= 0.6 is 11.6 Å². The lowest BCUT2D eigenvalue weighted by Gasteiger charge is -2.18. The number of nitrogens with two attached hydrogens (primary N) is 1. The first kappa shape index (κ1) is 15.3. The fourth-order valence-corrected chi connectivity index (χ4v) is 3.07. The standard InChI is InChI=1S/C16H24ClN3/c1-4-8-20-15-13(17)6-5-7-14(15)19-16(20)12(10-18)9-11(2)3/h5-7,11-12H,4,8-10,18H2,1-3H3. The molecule has 110 valence electrons. The van der Waals surface area contributed by atoms with E-state index < -0.39 is 0 Å². The molecule has 0 saturated carbocycles. The maximum absolute atomic E-state index is 6.37. The minimum Gasteiger partial charge on any atom is -0.330 e. The number of halogens is 1. The highest BCUT2D eigenvalue weighted by molar-refractivity contribution is 6.35. The minimum atomic E-state index is 0.296. The molecule has 1 unspecified atom stereocenters. The smallest absolute Gasteiger partial charge is 0.114 e. The van der Waals surface area contributed by atoms with Crippen LogP contribution in [0.15, 0.2) is 18.2 Å². The van der Waals surface area contributed by atoms with E-state index in [1.807, 2.05) is 18.2 Å². The lowest BCUT2D eigenvalue weighted by atomic mass is 9.96. The molecule has 0 bridgehead atoms. The van der Waals surface area contributed by atoms with Crippen molar-refractivity contribution in [1.29, 1.82) is 0 Å². The van der Waals surface area contributed by atoms with E-state index in [9.17, 15) is 0 Å². The fourth-order valence-electron chi connectivity index (χ4n) is 2.80. The second-order valence-electron chi connectivity index (χ2n) is 5.79. The number of aromatic nitrogens is 2. The molecule has 1 aromatic carbocycles. The van der Waals surface area contributed by atoms with Crippen molar-refractivity contribution in [2.24, 2.45) is 11.7 Å². The Bertz CT molecular complexity index is 574. The first-order valence-corrected chi connectivity index (χ1v) is 7.81. The normalized spacial score (nSPS) is 13.3. The molecule has 0 aliphatic rings. The van der Waals surface area contributed by atoms with E-state index in [0.29, 0.717) is 18.4 Å². The average molecular weight is 294 g/mol. The Morgan fingerprint density at radius 2 is 2.10 bits per heavy atom. The fraction of sp³-hybridized carbons (Fsp3) is 0.562. The van der Waals surface area contributed by atoms with Gasteiger partial charge in [-0.15, -0.1) is 0 Å². The third-order valence-corrected chi connectivity index (χ3v) is 3.90. The molecule has 0 saturated heterocycles. The van der Waals surface area contributed by atoms with Gasteiger partial charge in [-0.05, 0) is 30.9 Å². The van der Waals surface area contributed by atoms with Crippen molar-refractivity contribution in [3.05, 3.63) is 29.0 Å². The summed E-state index contributed by atoms with van der Waals surface area (Å²) < 4.78 is 2.26. The summed E-state index contributed by atoms with van der Waals surface area (Å²) in [7, 11) is 0. The van der Waals surface area contributed by atoms with Crippen LogP contribution in [-0.2, 0) is 6.54 Å². The number of nitrogens with zero attached hydrogens (tertiary/aromatic N) is 2. The number of hydrogen-bond acceptors (Lipinski definition) is 2. The Hall–Kier alpha value is -1.06. The predicted molar refractivity (Wildman–Crippen MR) is 86.3 cm³/mol. The quantitative estimate of drug-likeness (QED) is 0.868. The zero-order chi connectivity index (χ0) is 14.7. The zero-order valence-corrected chi connectivity index (χ0v) is 13.3. The van der Waals surface area contributed by atoms with Gasteiger partial charge in [0.05, 0.1) is 16.1 Å². The molecule has 3 nitrogen and oxygen atoms in total. The summed E-state index contributed by atoms with van der Waals surface area (Å²) in [5, 5.41) is 0.773. The number of para-hydroxylation sites is 1. The van der Waals surface area contributed by atoms with Gasteiger partial charge in [-0.3, -0.25) is 0 Å². The molecule has 1 aromatic heterocycles. The van der Waals surface area contributed by atoms with Gasteiger partial charge in [0.1, 0.15) is 5.82 Å². The predicted octanol–water partition coefficient (Wildman–Crippen LogP) is 4.19. The van der Waals surface area contributed by atoms with Crippen LogP contribution < -0.4 is 5.73 Å². The van der Waals surface area contributed by atoms with Crippen LogP contribution in [0.1, 0.15) is 45.4 Å². The molecule has 2 N–H and O–H groups in total. The van der Waals surface area contributed by atoms with Crippen molar-refractivity contribution in [1.82, 2.24) is 9.55 Å². The van der Waals surface area contributed by atoms with Gasteiger partial charge in [-0.25, -0.2) is 4.98 Å². The summed E-state index contributed by atoms with van der Waals surface area (Å²) in [5.41, 5.74) is 8.02. The second kappa shape index (κ2) is 6.59. The summed E-state index contributed by atoms with van der Waals surface area (Å²) in [4.78, 5) is 4.81. The topological polar surface area (TPSA) is 43.8 Å². The summed E-state index contributed by atoms with van der Waals surface area (Å²) >= 11 is 6.37. The minimum absolute atomic E-state index is 0.296. The summed E-state index contributed by atoms with van der Waals surface area (Å²) in [6, 6.07) is 5.92. The lowest BCUT2D eigenvalue weighted by molar-refractivity contribution is 0.470. The van der Waals surface area contributed by atoms with E-state index in [1.165, 1.54) is 0 Å². The number of imidazole rings is 1. The molecule has 4 heteroatoms. The molecule has 1 atom stereocenters. The summed E-state index contributed by atoms with van der Waals surface area (Å²) in [6.07, 6.45) is 2.11. The Kier molecular flexibility index (Phi) is 5.06. The van der Waals surface area contributed by atoms with Gasteiger partial charge in [-0.1, -0.05) is 38.4 Å². The van der Waals surface area contributed by atoms with Gasteiger partial charge in [-0.2, -0.15) is 0 Å². The van der Waals surface area contributed by atoms with Crippen LogP contribution in [0.4, 0.5) is 0 Å². The SMILES string of the molecule is CCCn1c(C(CN)CC(C)C)nc2cccc(Cl)c21. The molecule has 1 heterocycles. The van der Waals surface area contributed by atoms with E-state index in [4.69, 9.17) is 22.3 Å². The molecular weight excluding hydrogens is 270 g/mol.